The highest BCUT2D eigenvalue weighted by Crippen LogP contribution is 2.38. The number of rotatable bonds is 5. The van der Waals surface area contributed by atoms with Crippen molar-refractivity contribution in [1.29, 1.82) is 0 Å². The molecule has 2 heteroatoms. The van der Waals surface area contributed by atoms with Crippen LogP contribution in [0.25, 0.3) is 0 Å². The minimum Gasteiger partial charge on any atom is -0.375 e. The zero-order valence-corrected chi connectivity index (χ0v) is 13.2. The average molecular weight is 267 g/mol. The van der Waals surface area contributed by atoms with Gasteiger partial charge in [0.15, 0.2) is 0 Å². The Morgan fingerprint density at radius 2 is 1.84 bits per heavy atom. The predicted octanol–water partition coefficient (Wildman–Crippen LogP) is 4.28. The standard InChI is InChI=1S/C17H33NO/c1-4-15(5-2)14(3)18-16-9-12-19-17(13-16)10-7-6-8-11-17/h14-16,18H,4-13H2,1-3H3. The molecule has 112 valence electrons. The lowest BCUT2D eigenvalue weighted by molar-refractivity contribution is -0.110. The van der Waals surface area contributed by atoms with Crippen molar-refractivity contribution in [3.63, 3.8) is 0 Å². The fraction of sp³-hybridized carbons (Fsp3) is 1.00. The summed E-state index contributed by atoms with van der Waals surface area (Å²) in [6.45, 7) is 7.98. The molecule has 1 N–H and O–H groups in total. The van der Waals surface area contributed by atoms with E-state index in [1.807, 2.05) is 0 Å². The minimum absolute atomic E-state index is 0.238. The molecule has 2 atom stereocenters. The van der Waals surface area contributed by atoms with Crippen molar-refractivity contribution in [2.24, 2.45) is 5.92 Å². The maximum atomic E-state index is 6.19. The maximum Gasteiger partial charge on any atom is 0.0697 e. The molecule has 1 saturated heterocycles. The van der Waals surface area contributed by atoms with Crippen molar-refractivity contribution < 1.29 is 4.74 Å². The Morgan fingerprint density at radius 3 is 2.47 bits per heavy atom. The summed E-state index contributed by atoms with van der Waals surface area (Å²) in [5.41, 5.74) is 0.238. The number of hydrogen-bond donors (Lipinski definition) is 1. The van der Waals surface area contributed by atoms with Crippen molar-refractivity contribution in [3.05, 3.63) is 0 Å². The lowest BCUT2D eigenvalue weighted by atomic mass is 9.78. The maximum absolute atomic E-state index is 6.19. The smallest absolute Gasteiger partial charge is 0.0697 e. The number of hydrogen-bond acceptors (Lipinski definition) is 2. The third-order valence-corrected chi connectivity index (χ3v) is 5.51. The molecule has 2 aliphatic rings. The Morgan fingerprint density at radius 1 is 1.16 bits per heavy atom. The first-order valence-electron chi connectivity index (χ1n) is 8.59. The van der Waals surface area contributed by atoms with Gasteiger partial charge >= 0.3 is 0 Å². The third kappa shape index (κ3) is 3.95. The van der Waals surface area contributed by atoms with Crippen LogP contribution in [0.5, 0.6) is 0 Å². The van der Waals surface area contributed by atoms with Crippen LogP contribution >= 0.6 is 0 Å². The lowest BCUT2D eigenvalue weighted by Gasteiger charge is -2.44. The summed E-state index contributed by atoms with van der Waals surface area (Å²) >= 11 is 0. The van der Waals surface area contributed by atoms with E-state index in [1.165, 1.54) is 57.8 Å². The first-order chi connectivity index (χ1) is 9.19. The molecule has 1 heterocycles. The van der Waals surface area contributed by atoms with Gasteiger partial charge in [0.25, 0.3) is 0 Å². The predicted molar refractivity (Wildman–Crippen MR) is 81.5 cm³/mol. The summed E-state index contributed by atoms with van der Waals surface area (Å²) in [5.74, 6) is 0.824. The van der Waals surface area contributed by atoms with Crippen LogP contribution in [0.15, 0.2) is 0 Å². The van der Waals surface area contributed by atoms with Crippen LogP contribution in [0.4, 0.5) is 0 Å². The van der Waals surface area contributed by atoms with Gasteiger partial charge in [-0.1, -0.05) is 46.0 Å². The van der Waals surface area contributed by atoms with Crippen molar-refractivity contribution in [2.45, 2.75) is 96.2 Å². The van der Waals surface area contributed by atoms with Crippen molar-refractivity contribution in [2.75, 3.05) is 6.61 Å². The SMILES string of the molecule is CCC(CC)C(C)NC1CCOC2(CCCCC2)C1. The van der Waals surface area contributed by atoms with Crippen molar-refractivity contribution in [1.82, 2.24) is 5.32 Å². The van der Waals surface area contributed by atoms with Gasteiger partial charge in [-0.25, -0.2) is 0 Å². The molecule has 1 aliphatic heterocycles. The zero-order chi connectivity index (χ0) is 13.7. The fourth-order valence-electron chi connectivity index (χ4n) is 4.22. The summed E-state index contributed by atoms with van der Waals surface area (Å²) in [6.07, 6.45) is 11.8. The molecule has 2 rings (SSSR count). The van der Waals surface area contributed by atoms with E-state index in [-0.39, 0.29) is 5.60 Å². The molecule has 2 unspecified atom stereocenters. The van der Waals surface area contributed by atoms with Crippen LogP contribution < -0.4 is 5.32 Å². The van der Waals surface area contributed by atoms with Gasteiger partial charge in [0.2, 0.25) is 0 Å². The van der Waals surface area contributed by atoms with Crippen LogP contribution in [-0.2, 0) is 4.74 Å². The van der Waals surface area contributed by atoms with Gasteiger partial charge in [0.1, 0.15) is 0 Å². The molecule has 0 aromatic rings. The van der Waals surface area contributed by atoms with Gasteiger partial charge in [-0.15, -0.1) is 0 Å². The molecule has 0 radical (unpaired) electrons. The van der Waals surface area contributed by atoms with Crippen LogP contribution in [-0.4, -0.2) is 24.3 Å². The Labute approximate surface area is 119 Å². The van der Waals surface area contributed by atoms with E-state index in [0.717, 1.165) is 12.5 Å². The monoisotopic (exact) mass is 267 g/mol. The van der Waals surface area contributed by atoms with Gasteiger partial charge in [-0.2, -0.15) is 0 Å². The van der Waals surface area contributed by atoms with Gasteiger partial charge in [0, 0.05) is 18.7 Å². The highest BCUT2D eigenvalue weighted by molar-refractivity contribution is 4.93. The van der Waals surface area contributed by atoms with E-state index >= 15 is 0 Å². The van der Waals surface area contributed by atoms with Gasteiger partial charge < -0.3 is 10.1 Å². The van der Waals surface area contributed by atoms with Gasteiger partial charge in [-0.05, 0) is 38.5 Å². The van der Waals surface area contributed by atoms with Crippen molar-refractivity contribution >= 4 is 0 Å². The van der Waals surface area contributed by atoms with E-state index in [1.54, 1.807) is 0 Å². The molecule has 1 spiro atoms. The number of ether oxygens (including phenoxy) is 1. The topological polar surface area (TPSA) is 21.3 Å². The summed E-state index contributed by atoms with van der Waals surface area (Å²) in [5, 5.41) is 3.91. The molecule has 0 aromatic heterocycles. The van der Waals surface area contributed by atoms with E-state index < -0.39 is 0 Å². The Hall–Kier alpha value is -0.0800. The fourth-order valence-corrected chi connectivity index (χ4v) is 4.22. The summed E-state index contributed by atoms with van der Waals surface area (Å²) in [4.78, 5) is 0. The first-order valence-corrected chi connectivity index (χ1v) is 8.59. The average Bonchev–Trinajstić information content (AvgIpc) is 2.41. The second-order valence-corrected chi connectivity index (χ2v) is 6.81. The normalized spacial score (nSPS) is 28.7. The highest BCUT2D eigenvalue weighted by atomic mass is 16.5. The van der Waals surface area contributed by atoms with Crippen LogP contribution in [0.1, 0.15) is 78.6 Å². The van der Waals surface area contributed by atoms with Crippen LogP contribution in [0, 0.1) is 5.92 Å². The van der Waals surface area contributed by atoms with Crippen LogP contribution in [0.3, 0.4) is 0 Å². The molecular weight excluding hydrogens is 234 g/mol. The van der Waals surface area contributed by atoms with Gasteiger partial charge in [0.05, 0.1) is 5.60 Å². The second kappa shape index (κ2) is 7.08. The second-order valence-electron chi connectivity index (χ2n) is 6.81. The minimum atomic E-state index is 0.238. The lowest BCUT2D eigenvalue weighted by Crippen LogP contribution is -2.51. The molecule has 19 heavy (non-hydrogen) atoms. The molecule has 0 aromatic carbocycles. The highest BCUT2D eigenvalue weighted by Gasteiger charge is 2.38. The zero-order valence-electron chi connectivity index (χ0n) is 13.2. The summed E-state index contributed by atoms with van der Waals surface area (Å²) in [6, 6.07) is 1.33. The third-order valence-electron chi connectivity index (χ3n) is 5.51. The summed E-state index contributed by atoms with van der Waals surface area (Å²) < 4.78 is 6.19. The Bertz CT molecular complexity index is 250. The van der Waals surface area contributed by atoms with Gasteiger partial charge in [-0.3, -0.25) is 0 Å². The molecule has 1 aliphatic carbocycles. The van der Waals surface area contributed by atoms with E-state index in [4.69, 9.17) is 4.74 Å². The van der Waals surface area contributed by atoms with Crippen LogP contribution in [0.2, 0.25) is 0 Å². The van der Waals surface area contributed by atoms with E-state index in [0.29, 0.717) is 12.1 Å². The Kier molecular flexibility index (Phi) is 5.70. The van der Waals surface area contributed by atoms with E-state index in [9.17, 15) is 0 Å². The summed E-state index contributed by atoms with van der Waals surface area (Å²) in [7, 11) is 0. The molecule has 2 nitrogen and oxygen atoms in total. The first kappa shape index (κ1) is 15.3. The molecular formula is C17H33NO. The number of nitrogens with one attached hydrogen (secondary N) is 1. The van der Waals surface area contributed by atoms with E-state index in [2.05, 4.69) is 26.1 Å². The van der Waals surface area contributed by atoms with Crippen molar-refractivity contribution in [3.8, 4) is 0 Å². The quantitative estimate of drug-likeness (QED) is 0.802. The largest absolute Gasteiger partial charge is 0.375 e. The molecule has 0 bridgehead atoms. The molecule has 2 fully saturated rings. The molecule has 1 saturated carbocycles. The Balaban J connectivity index is 1.86. The molecule has 0 amide bonds.